The highest BCUT2D eigenvalue weighted by Gasteiger charge is 2.10. The van der Waals surface area contributed by atoms with Crippen LogP contribution in [0, 0.1) is 0 Å². The maximum absolute atomic E-state index is 12.2. The van der Waals surface area contributed by atoms with Crippen LogP contribution >= 0.6 is 0 Å². The summed E-state index contributed by atoms with van der Waals surface area (Å²) >= 11 is 0. The number of anilines is 2. The second kappa shape index (κ2) is 7.36. The van der Waals surface area contributed by atoms with E-state index >= 15 is 0 Å². The van der Waals surface area contributed by atoms with Gasteiger partial charge in [0.15, 0.2) is 0 Å². The Kier molecular flexibility index (Phi) is 4.81. The van der Waals surface area contributed by atoms with Gasteiger partial charge in [0, 0.05) is 11.4 Å². The Balaban J connectivity index is 1.68. The molecule has 0 saturated carbocycles. The van der Waals surface area contributed by atoms with E-state index < -0.39 is 5.97 Å². The number of hydrogen-bond acceptors (Lipinski definition) is 4. The molecule has 0 aliphatic heterocycles. The number of nitrogens with two attached hydrogens (primary N) is 2. The molecule has 0 unspecified atom stereocenters. The van der Waals surface area contributed by atoms with Crippen molar-refractivity contribution in [3.8, 4) is 5.75 Å². The van der Waals surface area contributed by atoms with E-state index in [0.29, 0.717) is 22.7 Å². The van der Waals surface area contributed by atoms with Gasteiger partial charge in [0.2, 0.25) is 0 Å². The third-order valence-electron chi connectivity index (χ3n) is 3.57. The zero-order valence-electron chi connectivity index (χ0n) is 13.6. The highest BCUT2D eigenvalue weighted by molar-refractivity contribution is 5.93. The first kappa shape index (κ1) is 16.3. The summed E-state index contributed by atoms with van der Waals surface area (Å²) in [5.41, 5.74) is 14.7. The molecule has 0 aromatic heterocycles. The third-order valence-corrected chi connectivity index (χ3v) is 3.57. The van der Waals surface area contributed by atoms with E-state index in [1.54, 1.807) is 18.2 Å². The van der Waals surface area contributed by atoms with Gasteiger partial charge in [0.05, 0.1) is 5.56 Å². The van der Waals surface area contributed by atoms with E-state index in [9.17, 15) is 4.79 Å². The molecule has 0 radical (unpaired) electrons. The molecule has 4 N–H and O–H groups in total. The van der Waals surface area contributed by atoms with Gasteiger partial charge in [0.1, 0.15) is 5.75 Å². The summed E-state index contributed by atoms with van der Waals surface area (Å²) in [6.07, 6.45) is 4.02. The van der Waals surface area contributed by atoms with Crippen molar-refractivity contribution in [1.29, 1.82) is 0 Å². The summed E-state index contributed by atoms with van der Waals surface area (Å²) < 4.78 is 5.35. The summed E-state index contributed by atoms with van der Waals surface area (Å²) in [7, 11) is 0. The molecule has 0 saturated heterocycles. The van der Waals surface area contributed by atoms with Crippen molar-refractivity contribution in [3.05, 3.63) is 89.5 Å². The van der Waals surface area contributed by atoms with E-state index in [0.717, 1.165) is 11.1 Å². The van der Waals surface area contributed by atoms with Crippen molar-refractivity contribution >= 4 is 29.5 Å². The Morgan fingerprint density at radius 3 is 1.92 bits per heavy atom. The Hall–Kier alpha value is -3.53. The van der Waals surface area contributed by atoms with Crippen molar-refractivity contribution in [2.24, 2.45) is 0 Å². The van der Waals surface area contributed by atoms with Crippen LogP contribution in [0.1, 0.15) is 21.5 Å². The van der Waals surface area contributed by atoms with Gasteiger partial charge in [0.25, 0.3) is 0 Å². The monoisotopic (exact) mass is 330 g/mol. The SMILES string of the molecule is Nc1cc(N)cc(C(=O)Oc2ccc(C=Cc3ccccc3)cc2)c1. The molecule has 0 atom stereocenters. The zero-order valence-corrected chi connectivity index (χ0v) is 13.6. The van der Waals surface area contributed by atoms with Crippen molar-refractivity contribution in [2.45, 2.75) is 0 Å². The molecule has 3 aromatic rings. The minimum Gasteiger partial charge on any atom is -0.423 e. The number of carbonyl (C=O) groups is 1. The molecule has 3 aromatic carbocycles. The lowest BCUT2D eigenvalue weighted by Gasteiger charge is -2.06. The summed E-state index contributed by atoms with van der Waals surface area (Å²) in [6, 6.07) is 22.0. The van der Waals surface area contributed by atoms with Gasteiger partial charge in [-0.05, 0) is 41.5 Å². The van der Waals surface area contributed by atoms with Crippen LogP contribution in [0.25, 0.3) is 12.2 Å². The van der Waals surface area contributed by atoms with Crippen LogP contribution in [0.2, 0.25) is 0 Å². The molecule has 124 valence electrons. The Morgan fingerprint density at radius 2 is 1.32 bits per heavy atom. The maximum atomic E-state index is 12.2. The summed E-state index contributed by atoms with van der Waals surface area (Å²) in [4.78, 5) is 12.2. The lowest BCUT2D eigenvalue weighted by Crippen LogP contribution is -2.09. The largest absolute Gasteiger partial charge is 0.423 e. The van der Waals surface area contributed by atoms with Gasteiger partial charge < -0.3 is 16.2 Å². The van der Waals surface area contributed by atoms with Crippen LogP contribution in [0.15, 0.2) is 72.8 Å². The van der Waals surface area contributed by atoms with E-state index in [-0.39, 0.29) is 0 Å². The first-order valence-electron chi connectivity index (χ1n) is 7.81. The predicted octanol–water partition coefficient (Wildman–Crippen LogP) is 4.24. The topological polar surface area (TPSA) is 78.3 Å². The molecular formula is C21H18N2O2. The second-order valence-corrected chi connectivity index (χ2v) is 5.59. The minimum absolute atomic E-state index is 0.325. The summed E-state index contributed by atoms with van der Waals surface area (Å²) in [6.45, 7) is 0. The Bertz CT molecular complexity index is 881. The first-order chi connectivity index (χ1) is 12.1. The molecule has 0 aliphatic rings. The van der Waals surface area contributed by atoms with Crippen molar-refractivity contribution in [1.82, 2.24) is 0 Å². The Morgan fingerprint density at radius 1 is 0.760 bits per heavy atom. The number of benzene rings is 3. The fourth-order valence-electron chi connectivity index (χ4n) is 2.36. The molecule has 4 nitrogen and oxygen atoms in total. The molecule has 0 amide bonds. The standard InChI is InChI=1S/C21H18N2O2/c22-18-12-17(13-19(23)14-18)21(24)25-20-10-8-16(9-11-20)7-6-15-4-2-1-3-5-15/h1-14H,22-23H2. The normalized spacial score (nSPS) is 10.7. The van der Waals surface area contributed by atoms with Crippen LogP contribution in [-0.4, -0.2) is 5.97 Å². The number of esters is 1. The second-order valence-electron chi connectivity index (χ2n) is 5.59. The maximum Gasteiger partial charge on any atom is 0.343 e. The average molecular weight is 330 g/mol. The fourth-order valence-corrected chi connectivity index (χ4v) is 2.36. The zero-order chi connectivity index (χ0) is 17.6. The van der Waals surface area contributed by atoms with Crippen LogP contribution in [0.4, 0.5) is 11.4 Å². The van der Waals surface area contributed by atoms with Gasteiger partial charge in [-0.1, -0.05) is 54.6 Å². The van der Waals surface area contributed by atoms with Crippen molar-refractivity contribution in [3.63, 3.8) is 0 Å². The van der Waals surface area contributed by atoms with Crippen molar-refractivity contribution in [2.75, 3.05) is 11.5 Å². The number of hydrogen-bond donors (Lipinski definition) is 2. The highest BCUT2D eigenvalue weighted by Crippen LogP contribution is 2.18. The third kappa shape index (κ3) is 4.48. The molecule has 4 heteroatoms. The smallest absolute Gasteiger partial charge is 0.343 e. The van der Waals surface area contributed by atoms with E-state index in [2.05, 4.69) is 0 Å². The van der Waals surface area contributed by atoms with Gasteiger partial charge >= 0.3 is 5.97 Å². The number of carbonyl (C=O) groups excluding carboxylic acids is 1. The van der Waals surface area contributed by atoms with E-state index in [4.69, 9.17) is 16.2 Å². The summed E-state index contributed by atoms with van der Waals surface area (Å²) in [5.74, 6) is -0.0329. The number of ether oxygens (including phenoxy) is 1. The quantitative estimate of drug-likeness (QED) is 0.324. The minimum atomic E-state index is -0.494. The molecule has 3 rings (SSSR count). The van der Waals surface area contributed by atoms with Gasteiger partial charge in [-0.25, -0.2) is 4.79 Å². The molecular weight excluding hydrogens is 312 g/mol. The van der Waals surface area contributed by atoms with Gasteiger partial charge in [-0.15, -0.1) is 0 Å². The first-order valence-corrected chi connectivity index (χ1v) is 7.81. The molecule has 0 aliphatic carbocycles. The van der Waals surface area contributed by atoms with Crippen LogP contribution in [0.5, 0.6) is 5.75 Å². The van der Waals surface area contributed by atoms with Crippen LogP contribution < -0.4 is 16.2 Å². The highest BCUT2D eigenvalue weighted by atomic mass is 16.5. The fraction of sp³-hybridized carbons (Fsp3) is 0. The Labute approximate surface area is 146 Å². The molecule has 0 bridgehead atoms. The molecule has 25 heavy (non-hydrogen) atoms. The molecule has 0 spiro atoms. The van der Waals surface area contributed by atoms with Crippen LogP contribution in [-0.2, 0) is 0 Å². The number of rotatable bonds is 4. The van der Waals surface area contributed by atoms with E-state index in [1.165, 1.54) is 12.1 Å². The lowest BCUT2D eigenvalue weighted by molar-refractivity contribution is 0.0735. The molecule has 0 heterocycles. The number of nitrogen functional groups attached to an aromatic ring is 2. The van der Waals surface area contributed by atoms with Crippen molar-refractivity contribution < 1.29 is 9.53 Å². The van der Waals surface area contributed by atoms with Gasteiger partial charge in [-0.3, -0.25) is 0 Å². The predicted molar refractivity (Wildman–Crippen MR) is 102 cm³/mol. The molecule has 0 fully saturated rings. The van der Waals surface area contributed by atoms with Crippen LogP contribution in [0.3, 0.4) is 0 Å². The van der Waals surface area contributed by atoms with E-state index in [1.807, 2.05) is 54.6 Å². The summed E-state index contributed by atoms with van der Waals surface area (Å²) in [5, 5.41) is 0. The average Bonchev–Trinajstić information content (AvgIpc) is 2.61. The van der Waals surface area contributed by atoms with Gasteiger partial charge in [-0.2, -0.15) is 0 Å². The lowest BCUT2D eigenvalue weighted by atomic mass is 10.1.